The number of H-pyrrole nitrogens is 1. The van der Waals surface area contributed by atoms with Crippen molar-refractivity contribution < 1.29 is 9.26 Å². The van der Waals surface area contributed by atoms with E-state index in [1.165, 1.54) is 0 Å². The fraction of sp³-hybridized carbons (Fsp3) is 0.417. The van der Waals surface area contributed by atoms with Gasteiger partial charge in [-0.05, 0) is 25.0 Å². The Labute approximate surface area is 104 Å². The summed E-state index contributed by atoms with van der Waals surface area (Å²) >= 11 is 0. The van der Waals surface area contributed by atoms with Gasteiger partial charge >= 0.3 is 0 Å². The van der Waals surface area contributed by atoms with Crippen molar-refractivity contribution in [1.29, 1.82) is 5.26 Å². The van der Waals surface area contributed by atoms with Crippen molar-refractivity contribution in [3.8, 4) is 17.7 Å². The van der Waals surface area contributed by atoms with Crippen LogP contribution in [0.1, 0.15) is 30.3 Å². The van der Waals surface area contributed by atoms with Gasteiger partial charge in [-0.1, -0.05) is 5.16 Å². The molecule has 1 fully saturated rings. The Kier molecular flexibility index (Phi) is 2.82. The lowest BCUT2D eigenvalue weighted by Crippen LogP contribution is -2.15. The standard InChI is InChI=1S/C12H12N4O2/c13-7-9-1-2-10(14-9)12-15-11(16-18-12)8-3-5-17-6-4-8/h1-2,8,14H,3-6H2. The second kappa shape index (κ2) is 4.63. The lowest BCUT2D eigenvalue weighted by atomic mass is 10.00. The van der Waals surface area contributed by atoms with Crippen LogP contribution >= 0.6 is 0 Å². The third-order valence-corrected chi connectivity index (χ3v) is 3.07. The zero-order chi connectivity index (χ0) is 12.4. The highest BCUT2D eigenvalue weighted by molar-refractivity contribution is 5.49. The molecule has 3 rings (SSSR count). The van der Waals surface area contributed by atoms with E-state index in [-0.39, 0.29) is 0 Å². The van der Waals surface area contributed by atoms with Gasteiger partial charge in [-0.25, -0.2) is 0 Å². The third-order valence-electron chi connectivity index (χ3n) is 3.07. The lowest BCUT2D eigenvalue weighted by Gasteiger charge is -2.18. The number of ether oxygens (including phenoxy) is 1. The highest BCUT2D eigenvalue weighted by atomic mass is 16.5. The maximum absolute atomic E-state index is 8.75. The number of hydrogen-bond donors (Lipinski definition) is 1. The molecule has 0 unspecified atom stereocenters. The Balaban J connectivity index is 1.82. The first-order valence-corrected chi connectivity index (χ1v) is 5.87. The summed E-state index contributed by atoms with van der Waals surface area (Å²) in [6, 6.07) is 5.48. The van der Waals surface area contributed by atoms with Crippen molar-refractivity contribution in [1.82, 2.24) is 15.1 Å². The molecule has 1 aliphatic rings. The molecule has 92 valence electrons. The van der Waals surface area contributed by atoms with Crippen molar-refractivity contribution in [2.75, 3.05) is 13.2 Å². The molecule has 6 nitrogen and oxygen atoms in total. The highest BCUT2D eigenvalue weighted by Gasteiger charge is 2.22. The van der Waals surface area contributed by atoms with Gasteiger partial charge in [0, 0.05) is 19.1 Å². The van der Waals surface area contributed by atoms with E-state index in [4.69, 9.17) is 14.5 Å². The van der Waals surface area contributed by atoms with E-state index in [9.17, 15) is 0 Å². The number of nitrogens with zero attached hydrogens (tertiary/aromatic N) is 3. The maximum atomic E-state index is 8.75. The van der Waals surface area contributed by atoms with Gasteiger partial charge in [-0.3, -0.25) is 0 Å². The minimum Gasteiger partial charge on any atom is -0.381 e. The largest absolute Gasteiger partial charge is 0.381 e. The average molecular weight is 244 g/mol. The van der Waals surface area contributed by atoms with Crippen molar-refractivity contribution in [2.45, 2.75) is 18.8 Å². The molecule has 1 aliphatic heterocycles. The molecule has 0 atom stereocenters. The lowest BCUT2D eigenvalue weighted by molar-refractivity contribution is 0.0830. The van der Waals surface area contributed by atoms with Gasteiger partial charge in [-0.15, -0.1) is 0 Å². The molecule has 6 heteroatoms. The van der Waals surface area contributed by atoms with Gasteiger partial charge in [0.1, 0.15) is 17.5 Å². The van der Waals surface area contributed by atoms with Crippen LogP contribution in [0.4, 0.5) is 0 Å². The molecule has 0 aromatic carbocycles. The monoisotopic (exact) mass is 244 g/mol. The Morgan fingerprint density at radius 3 is 2.89 bits per heavy atom. The van der Waals surface area contributed by atoms with Crippen molar-refractivity contribution >= 4 is 0 Å². The molecule has 18 heavy (non-hydrogen) atoms. The van der Waals surface area contributed by atoms with E-state index in [2.05, 4.69) is 15.1 Å². The summed E-state index contributed by atoms with van der Waals surface area (Å²) in [7, 11) is 0. The van der Waals surface area contributed by atoms with Crippen LogP contribution < -0.4 is 0 Å². The van der Waals surface area contributed by atoms with E-state index >= 15 is 0 Å². The predicted molar refractivity (Wildman–Crippen MR) is 61.6 cm³/mol. The SMILES string of the molecule is N#Cc1ccc(-c2nc(C3CCOCC3)no2)[nH]1. The van der Waals surface area contributed by atoms with Gasteiger partial charge in [0.05, 0.1) is 0 Å². The van der Waals surface area contributed by atoms with Crippen LogP contribution in [-0.2, 0) is 4.74 Å². The molecule has 1 saturated heterocycles. The number of rotatable bonds is 2. The number of aromatic nitrogens is 3. The minimum atomic E-state index is 0.307. The van der Waals surface area contributed by atoms with Crippen molar-refractivity contribution in [3.63, 3.8) is 0 Å². The number of hydrogen-bond acceptors (Lipinski definition) is 5. The minimum absolute atomic E-state index is 0.307. The smallest absolute Gasteiger partial charge is 0.274 e. The summed E-state index contributed by atoms with van der Waals surface area (Å²) in [4.78, 5) is 7.29. The van der Waals surface area contributed by atoms with Gasteiger partial charge in [-0.2, -0.15) is 10.2 Å². The van der Waals surface area contributed by atoms with Crippen molar-refractivity contribution in [3.05, 3.63) is 23.7 Å². The molecule has 0 amide bonds. The number of aromatic amines is 1. The van der Waals surface area contributed by atoms with Gasteiger partial charge in [0.2, 0.25) is 0 Å². The fourth-order valence-electron chi connectivity index (χ4n) is 2.05. The van der Waals surface area contributed by atoms with Crippen LogP contribution in [0.3, 0.4) is 0 Å². The number of nitrogens with one attached hydrogen (secondary N) is 1. The number of nitriles is 1. The molecule has 0 aliphatic carbocycles. The maximum Gasteiger partial charge on any atom is 0.274 e. The van der Waals surface area contributed by atoms with Crippen LogP contribution in [0.5, 0.6) is 0 Å². The molecular formula is C12H12N4O2. The molecule has 3 heterocycles. The van der Waals surface area contributed by atoms with Crippen LogP contribution in [0.2, 0.25) is 0 Å². The van der Waals surface area contributed by atoms with E-state index in [1.54, 1.807) is 12.1 Å². The average Bonchev–Trinajstić information content (AvgIpc) is 3.08. The predicted octanol–water partition coefficient (Wildman–Crippen LogP) is 1.83. The molecule has 0 spiro atoms. The van der Waals surface area contributed by atoms with Gasteiger partial charge in [0.15, 0.2) is 5.82 Å². The normalized spacial score (nSPS) is 16.6. The van der Waals surface area contributed by atoms with Crippen LogP contribution in [-0.4, -0.2) is 28.3 Å². The molecule has 0 bridgehead atoms. The first-order chi connectivity index (χ1) is 8.86. The van der Waals surface area contributed by atoms with E-state index in [1.807, 2.05) is 6.07 Å². The quantitative estimate of drug-likeness (QED) is 0.870. The summed E-state index contributed by atoms with van der Waals surface area (Å²) in [5, 5.41) is 12.8. The Morgan fingerprint density at radius 1 is 1.33 bits per heavy atom. The Hall–Kier alpha value is -2.13. The van der Waals surface area contributed by atoms with Gasteiger partial charge in [0.25, 0.3) is 5.89 Å². The van der Waals surface area contributed by atoms with Gasteiger partial charge < -0.3 is 14.2 Å². The summed E-state index contributed by atoms with van der Waals surface area (Å²) in [5.41, 5.74) is 1.16. The summed E-state index contributed by atoms with van der Waals surface area (Å²) in [5.74, 6) is 1.46. The van der Waals surface area contributed by atoms with E-state index in [0.717, 1.165) is 31.9 Å². The molecule has 2 aromatic rings. The molecule has 0 saturated carbocycles. The molecule has 1 N–H and O–H groups in total. The topological polar surface area (TPSA) is 87.7 Å². The second-order valence-corrected chi connectivity index (χ2v) is 4.24. The summed E-state index contributed by atoms with van der Waals surface area (Å²) in [6.07, 6.45) is 1.85. The molecular weight excluding hydrogens is 232 g/mol. The van der Waals surface area contributed by atoms with Crippen molar-refractivity contribution in [2.24, 2.45) is 0 Å². The summed E-state index contributed by atoms with van der Waals surface area (Å²) < 4.78 is 10.5. The Bertz CT molecular complexity index is 575. The zero-order valence-electron chi connectivity index (χ0n) is 9.72. The second-order valence-electron chi connectivity index (χ2n) is 4.24. The Morgan fingerprint density at radius 2 is 2.17 bits per heavy atom. The molecule has 2 aromatic heterocycles. The fourth-order valence-corrected chi connectivity index (χ4v) is 2.05. The van der Waals surface area contributed by atoms with Crippen LogP contribution in [0, 0.1) is 11.3 Å². The first kappa shape index (κ1) is 11.0. The summed E-state index contributed by atoms with van der Waals surface area (Å²) in [6.45, 7) is 1.49. The molecule has 0 radical (unpaired) electrons. The van der Waals surface area contributed by atoms with Crippen LogP contribution in [0.15, 0.2) is 16.7 Å². The first-order valence-electron chi connectivity index (χ1n) is 5.87. The third kappa shape index (κ3) is 2.00. The highest BCUT2D eigenvalue weighted by Crippen LogP contribution is 2.26. The zero-order valence-corrected chi connectivity index (χ0v) is 9.72. The van der Waals surface area contributed by atoms with Crippen LogP contribution in [0.25, 0.3) is 11.6 Å². The van der Waals surface area contributed by atoms with E-state index in [0.29, 0.717) is 23.2 Å². The van der Waals surface area contributed by atoms with E-state index < -0.39 is 0 Å².